The highest BCUT2D eigenvalue weighted by molar-refractivity contribution is 5.89. The van der Waals surface area contributed by atoms with Crippen molar-refractivity contribution >= 4 is 11.7 Å². The molecule has 1 unspecified atom stereocenters. The molecule has 2 aromatic carbocycles. The van der Waals surface area contributed by atoms with Crippen LogP contribution in [0.15, 0.2) is 59.1 Å². The van der Waals surface area contributed by atoms with Crippen LogP contribution in [0.25, 0.3) is 11.4 Å². The Bertz CT molecular complexity index is 961. The minimum absolute atomic E-state index is 0.196. The van der Waals surface area contributed by atoms with Crippen LogP contribution in [0.4, 0.5) is 14.9 Å². The number of aromatic nitrogens is 2. The lowest BCUT2D eigenvalue weighted by Gasteiger charge is -2.34. The van der Waals surface area contributed by atoms with E-state index in [1.54, 1.807) is 12.1 Å². The number of nitrogens with one attached hydrogen (secondary N) is 2. The Morgan fingerprint density at radius 2 is 1.93 bits per heavy atom. The van der Waals surface area contributed by atoms with Crippen LogP contribution < -0.4 is 10.6 Å². The first-order valence-corrected chi connectivity index (χ1v) is 10.1. The van der Waals surface area contributed by atoms with E-state index in [-0.39, 0.29) is 17.9 Å². The van der Waals surface area contributed by atoms with Crippen molar-refractivity contribution in [3.8, 4) is 11.4 Å². The molecule has 0 spiro atoms. The number of halogens is 1. The molecule has 30 heavy (non-hydrogen) atoms. The number of piperidine rings is 1. The van der Waals surface area contributed by atoms with Gasteiger partial charge in [-0.15, -0.1) is 0 Å². The van der Waals surface area contributed by atoms with Crippen LogP contribution in [0.3, 0.4) is 0 Å². The van der Waals surface area contributed by atoms with Crippen LogP contribution in [0.1, 0.15) is 25.2 Å². The third kappa shape index (κ3) is 5.21. The molecule has 4 rings (SSSR count). The fourth-order valence-corrected chi connectivity index (χ4v) is 3.62. The summed E-state index contributed by atoms with van der Waals surface area (Å²) < 4.78 is 18.5. The molecule has 1 atom stereocenters. The number of rotatable bonds is 6. The van der Waals surface area contributed by atoms with Gasteiger partial charge in [0.05, 0.1) is 6.54 Å². The second kappa shape index (κ2) is 9.49. The van der Waals surface area contributed by atoms with E-state index in [9.17, 15) is 9.18 Å². The molecule has 2 amide bonds. The molecule has 0 bridgehead atoms. The number of likely N-dealkylation sites (tertiary alicyclic amines) is 1. The predicted molar refractivity (Wildman–Crippen MR) is 111 cm³/mol. The summed E-state index contributed by atoms with van der Waals surface area (Å²) in [5.74, 6) is 0.649. The maximum Gasteiger partial charge on any atom is 0.319 e. The van der Waals surface area contributed by atoms with Crippen LogP contribution >= 0.6 is 0 Å². The highest BCUT2D eigenvalue weighted by Crippen LogP contribution is 2.21. The molecule has 0 aliphatic carbocycles. The van der Waals surface area contributed by atoms with Crippen molar-refractivity contribution in [1.29, 1.82) is 0 Å². The van der Waals surface area contributed by atoms with Crippen molar-refractivity contribution in [3.63, 3.8) is 0 Å². The molecule has 2 N–H and O–H groups in total. The van der Waals surface area contributed by atoms with Gasteiger partial charge in [0.2, 0.25) is 11.7 Å². The Morgan fingerprint density at radius 1 is 1.13 bits per heavy atom. The first kappa shape index (κ1) is 20.0. The van der Waals surface area contributed by atoms with E-state index in [0.717, 1.165) is 31.5 Å². The standard InChI is InChI=1S/C22H24FN5O2/c23-17-11-9-16(10-12-17)21-26-20(30-27-21)15-28-13-5-4-8-19(28)14-24-22(29)25-18-6-2-1-3-7-18/h1-3,6-7,9-12,19H,4-5,8,13-15H2,(H2,24,25,29). The van der Waals surface area contributed by atoms with Crippen molar-refractivity contribution < 1.29 is 13.7 Å². The summed E-state index contributed by atoms with van der Waals surface area (Å²) in [5.41, 5.74) is 1.47. The number of benzene rings is 2. The number of anilines is 1. The molecular formula is C22H24FN5O2. The van der Waals surface area contributed by atoms with Gasteiger partial charge in [-0.3, -0.25) is 4.90 Å². The summed E-state index contributed by atoms with van der Waals surface area (Å²) in [7, 11) is 0. The zero-order chi connectivity index (χ0) is 20.8. The van der Waals surface area contributed by atoms with Crippen molar-refractivity contribution in [2.45, 2.75) is 31.8 Å². The average Bonchev–Trinajstić information content (AvgIpc) is 3.23. The summed E-state index contributed by atoms with van der Waals surface area (Å²) in [6, 6.07) is 15.3. The minimum atomic E-state index is -0.303. The van der Waals surface area contributed by atoms with Crippen LogP contribution in [0, 0.1) is 5.82 Å². The molecule has 1 aliphatic rings. The Morgan fingerprint density at radius 3 is 2.73 bits per heavy atom. The average molecular weight is 409 g/mol. The number of hydrogen-bond donors (Lipinski definition) is 2. The molecular weight excluding hydrogens is 385 g/mol. The summed E-state index contributed by atoms with van der Waals surface area (Å²) in [5, 5.41) is 9.81. The van der Waals surface area contributed by atoms with Gasteiger partial charge >= 0.3 is 6.03 Å². The van der Waals surface area contributed by atoms with Crippen molar-refractivity contribution in [3.05, 3.63) is 66.3 Å². The third-order valence-electron chi connectivity index (χ3n) is 5.19. The third-order valence-corrected chi connectivity index (χ3v) is 5.19. The second-order valence-corrected chi connectivity index (χ2v) is 7.34. The van der Waals surface area contributed by atoms with Gasteiger partial charge in [-0.2, -0.15) is 4.98 Å². The molecule has 1 aliphatic heterocycles. The van der Waals surface area contributed by atoms with Crippen molar-refractivity contribution in [2.24, 2.45) is 0 Å². The largest absolute Gasteiger partial charge is 0.338 e. The minimum Gasteiger partial charge on any atom is -0.338 e. The van der Waals surface area contributed by atoms with E-state index >= 15 is 0 Å². The number of nitrogens with zero attached hydrogens (tertiary/aromatic N) is 3. The zero-order valence-corrected chi connectivity index (χ0v) is 16.6. The number of urea groups is 1. The highest BCUT2D eigenvalue weighted by Gasteiger charge is 2.25. The van der Waals surface area contributed by atoms with Gasteiger partial charge in [0.25, 0.3) is 0 Å². The molecule has 8 heteroatoms. The first-order chi connectivity index (χ1) is 14.7. The SMILES string of the molecule is O=C(NCC1CCCCN1Cc1nc(-c2ccc(F)cc2)no1)Nc1ccccc1. The molecule has 0 saturated carbocycles. The normalized spacial score (nSPS) is 16.9. The van der Waals surface area contributed by atoms with Gasteiger partial charge in [-0.25, -0.2) is 9.18 Å². The van der Waals surface area contributed by atoms with E-state index in [1.165, 1.54) is 12.1 Å². The Balaban J connectivity index is 1.33. The predicted octanol–water partition coefficient (Wildman–Crippen LogP) is 4.05. The molecule has 1 fully saturated rings. The molecule has 3 aromatic rings. The van der Waals surface area contributed by atoms with Crippen LogP contribution in [-0.2, 0) is 6.54 Å². The van der Waals surface area contributed by atoms with Gasteiger partial charge in [-0.05, 0) is 55.8 Å². The van der Waals surface area contributed by atoms with Gasteiger partial charge in [0.15, 0.2) is 0 Å². The second-order valence-electron chi connectivity index (χ2n) is 7.34. The van der Waals surface area contributed by atoms with E-state index < -0.39 is 0 Å². The Kier molecular flexibility index (Phi) is 6.34. The van der Waals surface area contributed by atoms with Gasteiger partial charge < -0.3 is 15.2 Å². The highest BCUT2D eigenvalue weighted by atomic mass is 19.1. The van der Waals surface area contributed by atoms with E-state index in [1.807, 2.05) is 30.3 Å². The Hall–Kier alpha value is -3.26. The number of hydrogen-bond acceptors (Lipinski definition) is 5. The molecule has 0 radical (unpaired) electrons. The van der Waals surface area contributed by atoms with E-state index in [2.05, 4.69) is 25.7 Å². The number of para-hydroxylation sites is 1. The molecule has 1 saturated heterocycles. The van der Waals surface area contributed by atoms with E-state index in [4.69, 9.17) is 4.52 Å². The fourth-order valence-electron chi connectivity index (χ4n) is 3.62. The fraction of sp³-hybridized carbons (Fsp3) is 0.318. The maximum absolute atomic E-state index is 13.1. The quantitative estimate of drug-likeness (QED) is 0.642. The molecule has 2 heterocycles. The zero-order valence-electron chi connectivity index (χ0n) is 16.6. The summed E-state index contributed by atoms with van der Waals surface area (Å²) in [4.78, 5) is 18.9. The lowest BCUT2D eigenvalue weighted by Crippen LogP contribution is -2.47. The van der Waals surface area contributed by atoms with Crippen LogP contribution in [-0.4, -0.2) is 40.2 Å². The number of amides is 2. The molecule has 1 aromatic heterocycles. The number of carbonyl (C=O) groups is 1. The van der Waals surface area contributed by atoms with Crippen molar-refractivity contribution in [2.75, 3.05) is 18.4 Å². The van der Waals surface area contributed by atoms with E-state index in [0.29, 0.717) is 30.4 Å². The summed E-state index contributed by atoms with van der Waals surface area (Å²) >= 11 is 0. The first-order valence-electron chi connectivity index (χ1n) is 10.1. The summed E-state index contributed by atoms with van der Waals surface area (Å²) in [6.45, 7) is 1.96. The van der Waals surface area contributed by atoms with Crippen LogP contribution in [0.2, 0.25) is 0 Å². The van der Waals surface area contributed by atoms with Gasteiger partial charge in [-0.1, -0.05) is 29.8 Å². The summed E-state index contributed by atoms with van der Waals surface area (Å²) in [6.07, 6.45) is 3.20. The molecule has 7 nitrogen and oxygen atoms in total. The Labute approximate surface area is 174 Å². The lowest BCUT2D eigenvalue weighted by atomic mass is 10.0. The van der Waals surface area contributed by atoms with Gasteiger partial charge in [0, 0.05) is 23.8 Å². The monoisotopic (exact) mass is 409 g/mol. The van der Waals surface area contributed by atoms with Crippen molar-refractivity contribution in [1.82, 2.24) is 20.4 Å². The lowest BCUT2D eigenvalue weighted by molar-refractivity contribution is 0.123. The maximum atomic E-state index is 13.1. The topological polar surface area (TPSA) is 83.3 Å². The smallest absolute Gasteiger partial charge is 0.319 e. The number of carbonyl (C=O) groups excluding carboxylic acids is 1. The van der Waals surface area contributed by atoms with Gasteiger partial charge in [0.1, 0.15) is 5.82 Å². The van der Waals surface area contributed by atoms with Crippen LogP contribution in [0.5, 0.6) is 0 Å². The molecule has 156 valence electrons.